The number of hydrogen-bond donors (Lipinski definition) is 1. The second-order valence-corrected chi connectivity index (χ2v) is 6.17. The van der Waals surface area contributed by atoms with Crippen molar-refractivity contribution in [1.82, 2.24) is 15.1 Å². The summed E-state index contributed by atoms with van der Waals surface area (Å²) in [7, 11) is 0. The number of nitrogens with zero attached hydrogens (tertiary/aromatic N) is 3. The summed E-state index contributed by atoms with van der Waals surface area (Å²) in [5.74, 6) is 2.53. The molecule has 6 heteroatoms. The van der Waals surface area contributed by atoms with Crippen LogP contribution in [-0.2, 0) is 0 Å². The first kappa shape index (κ1) is 15.9. The van der Waals surface area contributed by atoms with Crippen molar-refractivity contribution >= 4 is 21.7 Å². The van der Waals surface area contributed by atoms with Crippen molar-refractivity contribution < 1.29 is 4.52 Å². The zero-order valence-electron chi connectivity index (χ0n) is 13.1. The van der Waals surface area contributed by atoms with Gasteiger partial charge in [-0.3, -0.25) is 0 Å². The Morgan fingerprint density at radius 2 is 1.95 bits per heavy atom. The van der Waals surface area contributed by atoms with E-state index < -0.39 is 0 Å². The summed E-state index contributed by atoms with van der Waals surface area (Å²) in [5.41, 5.74) is 2.67. The summed E-state index contributed by atoms with van der Waals surface area (Å²) in [6, 6.07) is 0. The van der Waals surface area contributed by atoms with Gasteiger partial charge in [0.25, 0.3) is 0 Å². The lowest BCUT2D eigenvalue weighted by atomic mass is 10.1. The summed E-state index contributed by atoms with van der Waals surface area (Å²) in [5, 5.41) is 7.34. The van der Waals surface area contributed by atoms with Crippen LogP contribution >= 0.6 is 15.9 Å². The van der Waals surface area contributed by atoms with Gasteiger partial charge >= 0.3 is 0 Å². The molecule has 0 aliphatic carbocycles. The Balaban J connectivity index is 2.59. The third-order valence-electron chi connectivity index (χ3n) is 3.22. The van der Waals surface area contributed by atoms with E-state index in [1.165, 1.54) is 0 Å². The van der Waals surface area contributed by atoms with E-state index in [9.17, 15) is 0 Å². The fourth-order valence-electron chi connectivity index (χ4n) is 2.12. The lowest BCUT2D eigenvalue weighted by Gasteiger charge is -2.14. The quantitative estimate of drug-likeness (QED) is 0.860. The fourth-order valence-corrected chi connectivity index (χ4v) is 2.90. The van der Waals surface area contributed by atoms with Gasteiger partial charge in [0.05, 0.1) is 21.4 Å². The summed E-state index contributed by atoms with van der Waals surface area (Å²) in [6.07, 6.45) is 1.04. The molecule has 1 N–H and O–H groups in total. The Kier molecular flexibility index (Phi) is 4.98. The van der Waals surface area contributed by atoms with Crippen LogP contribution in [0.25, 0.3) is 11.4 Å². The van der Waals surface area contributed by atoms with Crippen LogP contribution in [0.5, 0.6) is 0 Å². The highest BCUT2D eigenvalue weighted by molar-refractivity contribution is 9.10. The van der Waals surface area contributed by atoms with E-state index >= 15 is 0 Å². The topological polar surface area (TPSA) is 63.8 Å². The molecule has 2 aromatic rings. The molecule has 0 unspecified atom stereocenters. The van der Waals surface area contributed by atoms with Crippen LogP contribution in [0, 0.1) is 13.8 Å². The summed E-state index contributed by atoms with van der Waals surface area (Å²) < 4.78 is 6.17. The number of anilines is 1. The van der Waals surface area contributed by atoms with Crippen molar-refractivity contribution in [3.63, 3.8) is 0 Å². The normalized spacial score (nSPS) is 11.2. The van der Waals surface area contributed by atoms with Crippen LogP contribution < -0.4 is 5.32 Å². The predicted octanol–water partition coefficient (Wildman–Crippen LogP) is 4.46. The molecule has 0 aliphatic rings. The van der Waals surface area contributed by atoms with Gasteiger partial charge in [-0.1, -0.05) is 25.9 Å². The fraction of sp³-hybridized carbons (Fsp3) is 0.533. The molecule has 0 bridgehead atoms. The Hall–Kier alpha value is -1.43. The molecule has 0 fully saturated rings. The van der Waals surface area contributed by atoms with E-state index in [4.69, 9.17) is 9.51 Å². The Morgan fingerprint density at radius 3 is 2.48 bits per heavy atom. The van der Waals surface area contributed by atoms with E-state index in [0.717, 1.165) is 46.0 Å². The van der Waals surface area contributed by atoms with Gasteiger partial charge in [0.2, 0.25) is 0 Å². The maximum Gasteiger partial charge on any atom is 0.167 e. The van der Waals surface area contributed by atoms with Crippen LogP contribution in [0.1, 0.15) is 50.3 Å². The second-order valence-electron chi connectivity index (χ2n) is 5.38. The molecule has 0 saturated heterocycles. The monoisotopic (exact) mass is 352 g/mol. The van der Waals surface area contributed by atoms with Crippen molar-refractivity contribution in [2.24, 2.45) is 0 Å². The molecule has 114 valence electrons. The zero-order valence-corrected chi connectivity index (χ0v) is 14.7. The van der Waals surface area contributed by atoms with Gasteiger partial charge in [-0.15, -0.1) is 0 Å². The Labute approximate surface area is 133 Å². The minimum atomic E-state index is 0.295. The van der Waals surface area contributed by atoms with E-state index in [2.05, 4.69) is 52.2 Å². The minimum absolute atomic E-state index is 0.295. The van der Waals surface area contributed by atoms with Gasteiger partial charge < -0.3 is 9.84 Å². The largest absolute Gasteiger partial charge is 0.369 e. The molecule has 21 heavy (non-hydrogen) atoms. The number of hydrogen-bond acceptors (Lipinski definition) is 5. The highest BCUT2D eigenvalue weighted by Crippen LogP contribution is 2.33. The molecule has 0 atom stereocenters. The molecule has 0 radical (unpaired) electrons. The lowest BCUT2D eigenvalue weighted by molar-refractivity contribution is 0.393. The average molecular weight is 353 g/mol. The average Bonchev–Trinajstić information content (AvgIpc) is 2.77. The third kappa shape index (κ3) is 3.26. The summed E-state index contributed by atoms with van der Waals surface area (Å²) >= 11 is 3.62. The van der Waals surface area contributed by atoms with E-state index in [-0.39, 0.29) is 0 Å². The highest BCUT2D eigenvalue weighted by Gasteiger charge is 2.20. The maximum atomic E-state index is 5.24. The number of nitrogens with one attached hydrogen (secondary N) is 1. The van der Waals surface area contributed by atoms with E-state index in [1.807, 2.05) is 13.8 Å². The highest BCUT2D eigenvalue weighted by atomic mass is 79.9. The molecule has 2 rings (SSSR count). The van der Waals surface area contributed by atoms with Gasteiger partial charge in [-0.05, 0) is 42.1 Å². The second kappa shape index (κ2) is 6.56. The van der Waals surface area contributed by atoms with Crippen molar-refractivity contribution in [2.45, 2.75) is 47.0 Å². The van der Waals surface area contributed by atoms with Crippen LogP contribution in [0.2, 0.25) is 0 Å². The molecule has 0 spiro atoms. The van der Waals surface area contributed by atoms with Gasteiger partial charge in [0.15, 0.2) is 5.82 Å². The summed E-state index contributed by atoms with van der Waals surface area (Å²) in [4.78, 5) is 9.35. The molecule has 0 aliphatic heterocycles. The molecule has 0 aromatic carbocycles. The maximum absolute atomic E-state index is 5.24. The van der Waals surface area contributed by atoms with Crippen molar-refractivity contribution in [2.75, 3.05) is 11.9 Å². The number of aryl methyl sites for hydroxylation is 2. The standard InChI is InChI=1S/C15H21BrN4O/c1-6-7-17-15-12(16)13(8(2)3)18-14(19-15)11-9(4)20-21-10(11)5/h8H,6-7H2,1-5H3,(H,17,18,19). The van der Waals surface area contributed by atoms with Crippen molar-refractivity contribution in [3.8, 4) is 11.4 Å². The first-order valence-corrected chi connectivity index (χ1v) is 7.99. The molecular formula is C15H21BrN4O. The first-order valence-electron chi connectivity index (χ1n) is 7.20. The summed E-state index contributed by atoms with van der Waals surface area (Å²) in [6.45, 7) is 11.0. The van der Waals surface area contributed by atoms with Crippen molar-refractivity contribution in [1.29, 1.82) is 0 Å². The lowest BCUT2D eigenvalue weighted by Crippen LogP contribution is -2.08. The van der Waals surface area contributed by atoms with Gasteiger partial charge in [0.1, 0.15) is 11.6 Å². The van der Waals surface area contributed by atoms with Crippen LogP contribution in [0.15, 0.2) is 9.00 Å². The van der Waals surface area contributed by atoms with E-state index in [0.29, 0.717) is 11.7 Å². The first-order chi connectivity index (χ1) is 9.95. The molecular weight excluding hydrogens is 332 g/mol. The molecule has 2 heterocycles. The Bertz CT molecular complexity index is 617. The van der Waals surface area contributed by atoms with Crippen LogP contribution in [0.3, 0.4) is 0 Å². The SMILES string of the molecule is CCCNc1nc(-c2c(C)noc2C)nc(C(C)C)c1Br. The molecule has 5 nitrogen and oxygen atoms in total. The smallest absolute Gasteiger partial charge is 0.167 e. The number of rotatable bonds is 5. The van der Waals surface area contributed by atoms with Crippen molar-refractivity contribution in [3.05, 3.63) is 21.6 Å². The number of aromatic nitrogens is 3. The van der Waals surface area contributed by atoms with Crippen LogP contribution in [-0.4, -0.2) is 21.7 Å². The number of halogens is 1. The van der Waals surface area contributed by atoms with Gasteiger partial charge in [0, 0.05) is 6.54 Å². The van der Waals surface area contributed by atoms with Crippen LogP contribution in [0.4, 0.5) is 5.82 Å². The van der Waals surface area contributed by atoms with Gasteiger partial charge in [-0.2, -0.15) is 0 Å². The zero-order chi connectivity index (χ0) is 15.6. The van der Waals surface area contributed by atoms with E-state index in [1.54, 1.807) is 0 Å². The third-order valence-corrected chi connectivity index (χ3v) is 4.00. The van der Waals surface area contributed by atoms with Gasteiger partial charge in [-0.25, -0.2) is 9.97 Å². The molecule has 0 amide bonds. The Morgan fingerprint density at radius 1 is 1.24 bits per heavy atom. The molecule has 0 saturated carbocycles. The predicted molar refractivity (Wildman–Crippen MR) is 87.6 cm³/mol. The molecule has 2 aromatic heterocycles. The minimum Gasteiger partial charge on any atom is -0.369 e.